The number of benzene rings is 4. The molecule has 0 amide bonds. The van der Waals surface area contributed by atoms with Gasteiger partial charge < -0.3 is 9.73 Å². The third-order valence-electron chi connectivity index (χ3n) is 6.67. The molecule has 0 saturated carbocycles. The minimum absolute atomic E-state index is 0.808. The number of rotatable bonds is 7. The largest absolute Gasteiger partial charge is 0.456 e. The number of nitrogens with one attached hydrogen (secondary N) is 1. The fraction of sp³-hybridized carbons (Fsp3) is 0.0811. The van der Waals surface area contributed by atoms with Crippen molar-refractivity contribution < 1.29 is 4.42 Å². The predicted octanol–water partition coefficient (Wildman–Crippen LogP) is 10.9. The van der Waals surface area contributed by atoms with Crippen LogP contribution in [0.2, 0.25) is 0 Å². The van der Waals surface area contributed by atoms with E-state index < -0.39 is 0 Å². The lowest BCUT2D eigenvalue weighted by Crippen LogP contribution is -1.93. The molecule has 1 heterocycles. The molecule has 2 heteroatoms. The molecule has 0 radical (unpaired) electrons. The minimum Gasteiger partial charge on any atom is -0.456 e. The molecule has 5 aromatic rings. The van der Waals surface area contributed by atoms with Crippen molar-refractivity contribution >= 4 is 33.8 Å². The molecule has 1 N–H and O–H groups in total. The second kappa shape index (κ2) is 12.6. The van der Waals surface area contributed by atoms with Gasteiger partial charge in [-0.15, -0.1) is 6.58 Å². The van der Waals surface area contributed by atoms with Crippen molar-refractivity contribution in [1.29, 1.82) is 0 Å². The highest BCUT2D eigenvalue weighted by molar-refractivity contribution is 5.96. The quantitative estimate of drug-likeness (QED) is 0.174. The van der Waals surface area contributed by atoms with Crippen LogP contribution < -0.4 is 5.32 Å². The highest BCUT2D eigenvalue weighted by Crippen LogP contribution is 2.34. The van der Waals surface area contributed by atoms with Crippen LogP contribution in [0.3, 0.4) is 0 Å². The van der Waals surface area contributed by atoms with Crippen LogP contribution in [-0.4, -0.2) is 0 Å². The van der Waals surface area contributed by atoms with E-state index >= 15 is 0 Å². The zero-order chi connectivity index (χ0) is 27.8. The topological polar surface area (TPSA) is 25.2 Å². The van der Waals surface area contributed by atoms with E-state index in [0.717, 1.165) is 45.2 Å². The average Bonchev–Trinajstić information content (AvgIpc) is 3.25. The molecule has 0 spiro atoms. The lowest BCUT2D eigenvalue weighted by molar-refractivity contribution is 0.540. The Labute approximate surface area is 232 Å². The second-order valence-corrected chi connectivity index (χ2v) is 9.28. The van der Waals surface area contributed by atoms with Gasteiger partial charge in [-0.3, -0.25) is 0 Å². The van der Waals surface area contributed by atoms with Crippen molar-refractivity contribution in [2.45, 2.75) is 20.8 Å². The zero-order valence-corrected chi connectivity index (χ0v) is 23.0. The third-order valence-corrected chi connectivity index (χ3v) is 6.67. The number of allylic oxidation sites excluding steroid dienone is 3. The highest BCUT2D eigenvalue weighted by Gasteiger charge is 2.16. The molecule has 0 aliphatic rings. The lowest BCUT2D eigenvalue weighted by Gasteiger charge is -2.11. The van der Waals surface area contributed by atoms with Crippen LogP contribution in [0.1, 0.15) is 35.1 Å². The van der Waals surface area contributed by atoms with E-state index in [0.29, 0.717) is 0 Å². The highest BCUT2D eigenvalue weighted by atomic mass is 16.3. The number of anilines is 2. The third kappa shape index (κ3) is 6.02. The zero-order valence-electron chi connectivity index (χ0n) is 23.0. The summed E-state index contributed by atoms with van der Waals surface area (Å²) in [5, 5.41) is 6.03. The fourth-order valence-corrected chi connectivity index (χ4v) is 4.60. The van der Waals surface area contributed by atoms with Gasteiger partial charge in [0.2, 0.25) is 0 Å². The summed E-state index contributed by atoms with van der Waals surface area (Å²) in [6, 6.07) is 31.9. The molecule has 4 aromatic carbocycles. The van der Waals surface area contributed by atoms with Crippen molar-refractivity contribution in [3.8, 4) is 11.1 Å². The second-order valence-electron chi connectivity index (χ2n) is 9.28. The average molecular weight is 510 g/mol. The Morgan fingerprint density at radius 1 is 0.744 bits per heavy atom. The monoisotopic (exact) mass is 509 g/mol. The Kier molecular flexibility index (Phi) is 8.81. The lowest BCUT2D eigenvalue weighted by atomic mass is 9.98. The van der Waals surface area contributed by atoms with Crippen LogP contribution in [0, 0.1) is 13.8 Å². The summed E-state index contributed by atoms with van der Waals surface area (Å²) in [5.41, 5.74) is 8.81. The van der Waals surface area contributed by atoms with Gasteiger partial charge in [-0.1, -0.05) is 98.1 Å². The SMILES string of the molecule is C=C/C=C(/c1ccc(Nc2ccc(-c3cccc4ccccc34)cc2)cc1)c1oc(C=C)c(C)c1C.C=CC. The molecule has 0 aliphatic heterocycles. The van der Waals surface area contributed by atoms with E-state index in [1.165, 1.54) is 21.9 Å². The summed E-state index contributed by atoms with van der Waals surface area (Å²) in [6.45, 7) is 17.2. The van der Waals surface area contributed by atoms with Gasteiger partial charge in [0.15, 0.2) is 0 Å². The van der Waals surface area contributed by atoms with Gasteiger partial charge >= 0.3 is 0 Å². The number of fused-ring (bicyclic) bond motifs is 1. The molecule has 0 unspecified atom stereocenters. The first-order valence-electron chi connectivity index (χ1n) is 13.1. The van der Waals surface area contributed by atoms with Gasteiger partial charge in [-0.2, -0.15) is 0 Å². The maximum Gasteiger partial charge on any atom is 0.138 e. The molecule has 0 fully saturated rings. The van der Waals surface area contributed by atoms with Crippen molar-refractivity contribution in [2.75, 3.05) is 5.32 Å². The molecule has 0 bridgehead atoms. The van der Waals surface area contributed by atoms with Crippen LogP contribution in [0.5, 0.6) is 0 Å². The number of furan rings is 1. The van der Waals surface area contributed by atoms with Crippen LogP contribution in [0.4, 0.5) is 11.4 Å². The summed E-state index contributed by atoms with van der Waals surface area (Å²) in [5.74, 6) is 1.66. The Morgan fingerprint density at radius 2 is 1.36 bits per heavy atom. The van der Waals surface area contributed by atoms with E-state index in [4.69, 9.17) is 4.42 Å². The Morgan fingerprint density at radius 3 is 1.97 bits per heavy atom. The van der Waals surface area contributed by atoms with Gasteiger partial charge in [0.25, 0.3) is 0 Å². The normalized spacial score (nSPS) is 10.9. The van der Waals surface area contributed by atoms with Crippen LogP contribution in [-0.2, 0) is 0 Å². The molecule has 0 aliphatic carbocycles. The summed E-state index contributed by atoms with van der Waals surface area (Å²) in [4.78, 5) is 0. The van der Waals surface area contributed by atoms with Crippen LogP contribution in [0.25, 0.3) is 33.5 Å². The Bertz CT molecular complexity index is 1620. The molecule has 0 saturated heterocycles. The predicted molar refractivity (Wildman–Crippen MR) is 171 cm³/mol. The summed E-state index contributed by atoms with van der Waals surface area (Å²) in [6.07, 6.45) is 7.30. The van der Waals surface area contributed by atoms with Gasteiger partial charge in [0, 0.05) is 16.9 Å². The van der Waals surface area contributed by atoms with Crippen LogP contribution in [0.15, 0.2) is 133 Å². The molecule has 5 rings (SSSR count). The van der Waals surface area contributed by atoms with Crippen molar-refractivity contribution in [3.63, 3.8) is 0 Å². The van der Waals surface area contributed by atoms with E-state index in [1.807, 2.05) is 13.0 Å². The maximum atomic E-state index is 6.11. The summed E-state index contributed by atoms with van der Waals surface area (Å²) >= 11 is 0. The Hall–Kier alpha value is -4.82. The van der Waals surface area contributed by atoms with Crippen LogP contribution >= 0.6 is 0 Å². The summed E-state index contributed by atoms with van der Waals surface area (Å²) in [7, 11) is 0. The van der Waals surface area contributed by atoms with Crippen molar-refractivity contribution in [3.05, 3.63) is 157 Å². The maximum absolute atomic E-state index is 6.11. The van der Waals surface area contributed by atoms with Gasteiger partial charge in [-0.05, 0) is 89.7 Å². The first kappa shape index (κ1) is 27.2. The molecular formula is C37H35NO. The van der Waals surface area contributed by atoms with Gasteiger partial charge in [0.05, 0.1) is 0 Å². The van der Waals surface area contributed by atoms with E-state index in [2.05, 4.69) is 130 Å². The smallest absolute Gasteiger partial charge is 0.138 e. The standard InChI is InChI=1S/C34H29NO.C3H6/c1-5-10-32(34-24(4)23(3)33(6-2)36-34)27-17-21-29(22-18-27)35-28-19-15-26(16-20-28)31-14-9-12-25-11-7-8-13-30(25)31;1-3-2/h5-22,35H,1-2H2,3-4H3;3H,1H2,2H3/b32-10-;. The van der Waals surface area contributed by atoms with Crippen molar-refractivity contribution in [1.82, 2.24) is 0 Å². The fourth-order valence-electron chi connectivity index (χ4n) is 4.60. The molecule has 1 aromatic heterocycles. The van der Waals surface area contributed by atoms with E-state index in [1.54, 1.807) is 18.2 Å². The van der Waals surface area contributed by atoms with Gasteiger partial charge in [-0.25, -0.2) is 0 Å². The molecule has 2 nitrogen and oxygen atoms in total. The number of hydrogen-bond acceptors (Lipinski definition) is 2. The van der Waals surface area contributed by atoms with E-state index in [-0.39, 0.29) is 0 Å². The molecule has 194 valence electrons. The molecular weight excluding hydrogens is 474 g/mol. The minimum atomic E-state index is 0.808. The number of hydrogen-bond donors (Lipinski definition) is 1. The Balaban J connectivity index is 0.00000112. The van der Waals surface area contributed by atoms with E-state index in [9.17, 15) is 0 Å². The first-order valence-corrected chi connectivity index (χ1v) is 13.1. The first-order chi connectivity index (χ1) is 19.0. The molecule has 39 heavy (non-hydrogen) atoms. The molecule has 0 atom stereocenters. The van der Waals surface area contributed by atoms with Crippen molar-refractivity contribution in [2.24, 2.45) is 0 Å². The van der Waals surface area contributed by atoms with Gasteiger partial charge in [0.1, 0.15) is 11.5 Å². The summed E-state index contributed by atoms with van der Waals surface area (Å²) < 4.78 is 6.11.